The summed E-state index contributed by atoms with van der Waals surface area (Å²) in [7, 11) is 1.72. The highest BCUT2D eigenvalue weighted by Gasteiger charge is 2.32. The molecule has 0 bridgehead atoms. The summed E-state index contributed by atoms with van der Waals surface area (Å²) in [5.74, 6) is -0.158. The van der Waals surface area contributed by atoms with Gasteiger partial charge in [0.1, 0.15) is 0 Å². The minimum absolute atomic E-state index is 0.0245. The molecule has 0 spiro atoms. The van der Waals surface area contributed by atoms with Gasteiger partial charge in [0.15, 0.2) is 5.78 Å². The molecule has 2 nitrogen and oxygen atoms in total. The number of alkyl halides is 3. The lowest BCUT2D eigenvalue weighted by Crippen LogP contribution is -2.06. The van der Waals surface area contributed by atoms with Crippen LogP contribution < -0.4 is 5.32 Å². The number of rotatable bonds is 3. The van der Waals surface area contributed by atoms with E-state index in [1.54, 1.807) is 19.2 Å². The van der Waals surface area contributed by atoms with Crippen LogP contribution in [-0.2, 0) is 4.79 Å². The number of hydrogen-bond donors (Lipinski definition) is 1. The van der Waals surface area contributed by atoms with Crippen molar-refractivity contribution in [2.75, 3.05) is 7.05 Å². The molecule has 20 heavy (non-hydrogen) atoms. The number of ketones is 1. The average molecular weight is 301 g/mol. The molecule has 0 heterocycles. The second kappa shape index (κ2) is 5.52. The summed E-state index contributed by atoms with van der Waals surface area (Å²) in [5, 5.41) is 2.97. The van der Waals surface area contributed by atoms with Crippen LogP contribution in [0.25, 0.3) is 5.57 Å². The van der Waals surface area contributed by atoms with Crippen LogP contribution in [0, 0.1) is 5.92 Å². The van der Waals surface area contributed by atoms with Gasteiger partial charge in [-0.05, 0) is 35.9 Å². The molecule has 1 aromatic carbocycles. The van der Waals surface area contributed by atoms with Gasteiger partial charge >= 0.3 is 5.51 Å². The van der Waals surface area contributed by atoms with Gasteiger partial charge in [-0.1, -0.05) is 19.1 Å². The highest BCUT2D eigenvalue weighted by atomic mass is 32.2. The first kappa shape index (κ1) is 15.0. The lowest BCUT2D eigenvalue weighted by molar-refractivity contribution is -0.116. The third-order valence-corrected chi connectivity index (χ3v) is 3.89. The molecule has 1 aliphatic rings. The molecule has 0 aromatic heterocycles. The summed E-state index contributed by atoms with van der Waals surface area (Å²) in [5.41, 5.74) is -2.49. The molecule has 108 valence electrons. The Balaban J connectivity index is 2.38. The van der Waals surface area contributed by atoms with Gasteiger partial charge in [-0.25, -0.2) is 0 Å². The minimum Gasteiger partial charge on any atom is -0.391 e. The Hall–Kier alpha value is -1.43. The van der Waals surface area contributed by atoms with Crippen LogP contribution in [0.3, 0.4) is 0 Å². The number of hydrogen-bond acceptors (Lipinski definition) is 3. The molecular weight excluding hydrogens is 287 g/mol. The van der Waals surface area contributed by atoms with E-state index in [9.17, 15) is 18.0 Å². The zero-order valence-corrected chi connectivity index (χ0v) is 11.9. The van der Waals surface area contributed by atoms with E-state index in [1.807, 2.05) is 6.92 Å². The van der Waals surface area contributed by atoms with Crippen LogP contribution in [0.15, 0.2) is 34.9 Å². The molecule has 0 amide bonds. The number of allylic oxidation sites excluding steroid dienone is 2. The molecule has 0 saturated carbocycles. The fourth-order valence-corrected chi connectivity index (χ4v) is 2.89. The van der Waals surface area contributed by atoms with Crippen LogP contribution in [0.4, 0.5) is 13.2 Å². The van der Waals surface area contributed by atoms with Crippen molar-refractivity contribution in [3.05, 3.63) is 35.5 Å². The number of halogens is 3. The fraction of sp³-hybridized carbons (Fsp3) is 0.357. The van der Waals surface area contributed by atoms with Gasteiger partial charge in [-0.2, -0.15) is 13.2 Å². The molecule has 6 heteroatoms. The molecule has 0 saturated heterocycles. The molecule has 0 aliphatic heterocycles. The third-order valence-electron chi connectivity index (χ3n) is 3.16. The summed E-state index contributed by atoms with van der Waals surface area (Å²) in [4.78, 5) is 12.2. The van der Waals surface area contributed by atoms with Crippen molar-refractivity contribution in [2.24, 2.45) is 5.92 Å². The quantitative estimate of drug-likeness (QED) is 0.860. The van der Waals surface area contributed by atoms with Crippen LogP contribution in [0.2, 0.25) is 0 Å². The predicted octanol–water partition coefficient (Wildman–Crippen LogP) is 3.84. The van der Waals surface area contributed by atoms with Crippen molar-refractivity contribution in [3.63, 3.8) is 0 Å². The Bertz CT molecular complexity index is 566. The Morgan fingerprint density at radius 3 is 2.65 bits per heavy atom. The predicted molar refractivity (Wildman–Crippen MR) is 73.1 cm³/mol. The normalized spacial score (nSPS) is 19.6. The Morgan fingerprint density at radius 2 is 2.05 bits per heavy atom. The first-order valence-electron chi connectivity index (χ1n) is 6.13. The molecule has 1 aromatic rings. The van der Waals surface area contributed by atoms with Crippen molar-refractivity contribution in [1.82, 2.24) is 5.32 Å². The second-order valence-electron chi connectivity index (χ2n) is 4.65. The van der Waals surface area contributed by atoms with Crippen molar-refractivity contribution in [3.8, 4) is 0 Å². The van der Waals surface area contributed by atoms with E-state index in [2.05, 4.69) is 5.32 Å². The molecule has 1 aliphatic carbocycles. The Labute approximate surface area is 119 Å². The molecule has 0 radical (unpaired) electrons. The maximum absolute atomic E-state index is 12.4. The summed E-state index contributed by atoms with van der Waals surface area (Å²) in [6, 6.07) is 6.02. The third kappa shape index (κ3) is 3.17. The lowest BCUT2D eigenvalue weighted by Gasteiger charge is -2.09. The van der Waals surface area contributed by atoms with Gasteiger partial charge in [0.25, 0.3) is 0 Å². The van der Waals surface area contributed by atoms with E-state index in [4.69, 9.17) is 0 Å². The van der Waals surface area contributed by atoms with Crippen LogP contribution in [0.5, 0.6) is 0 Å². The van der Waals surface area contributed by atoms with Gasteiger partial charge in [0.05, 0.1) is 0 Å². The summed E-state index contributed by atoms with van der Waals surface area (Å²) in [6.07, 6.45) is 0.599. The molecule has 1 atom stereocenters. The number of Topliss-reactive ketones (excluding diaryl/α,β-unsaturated/α-hetero) is 1. The van der Waals surface area contributed by atoms with E-state index in [0.29, 0.717) is 17.6 Å². The van der Waals surface area contributed by atoms with Crippen molar-refractivity contribution in [2.45, 2.75) is 23.7 Å². The van der Waals surface area contributed by atoms with Crippen molar-refractivity contribution >= 4 is 23.1 Å². The van der Waals surface area contributed by atoms with Crippen LogP contribution >= 0.6 is 11.8 Å². The number of thioether (sulfide) groups is 1. The zero-order valence-electron chi connectivity index (χ0n) is 11.0. The topological polar surface area (TPSA) is 29.1 Å². The van der Waals surface area contributed by atoms with Gasteiger partial charge in [-0.3, -0.25) is 4.79 Å². The highest BCUT2D eigenvalue weighted by Crippen LogP contribution is 2.39. The zero-order chi connectivity index (χ0) is 14.9. The van der Waals surface area contributed by atoms with Crippen molar-refractivity contribution < 1.29 is 18.0 Å². The highest BCUT2D eigenvalue weighted by molar-refractivity contribution is 8.00. The first-order chi connectivity index (χ1) is 9.31. The SMILES string of the molecule is CNC1=C(c2cccc(SC(F)(F)F)c2)C(=O)C(C)C1. The lowest BCUT2D eigenvalue weighted by atomic mass is 10.0. The van der Waals surface area contributed by atoms with Crippen LogP contribution in [-0.4, -0.2) is 18.3 Å². The monoisotopic (exact) mass is 301 g/mol. The van der Waals surface area contributed by atoms with E-state index in [1.165, 1.54) is 12.1 Å². The first-order valence-corrected chi connectivity index (χ1v) is 6.95. The number of carbonyl (C=O) groups excluding carboxylic acids is 1. The molecule has 2 rings (SSSR count). The van der Waals surface area contributed by atoms with Gasteiger partial charge in [-0.15, -0.1) is 0 Å². The maximum atomic E-state index is 12.4. The number of benzene rings is 1. The standard InChI is InChI=1S/C14H14F3NOS/c1-8-6-11(18-2)12(13(8)19)9-4-3-5-10(7-9)20-14(15,16)17/h3-5,7-8,18H,6H2,1-2H3. The summed E-state index contributed by atoms with van der Waals surface area (Å²) < 4.78 is 37.2. The molecule has 0 fully saturated rings. The average Bonchev–Trinajstić information content (AvgIpc) is 2.63. The van der Waals surface area contributed by atoms with E-state index in [0.717, 1.165) is 5.70 Å². The second-order valence-corrected chi connectivity index (χ2v) is 5.79. The Morgan fingerprint density at radius 1 is 1.35 bits per heavy atom. The van der Waals surface area contributed by atoms with Gasteiger partial charge in [0, 0.05) is 29.1 Å². The van der Waals surface area contributed by atoms with E-state index in [-0.39, 0.29) is 28.4 Å². The number of nitrogens with one attached hydrogen (secondary N) is 1. The smallest absolute Gasteiger partial charge is 0.391 e. The largest absolute Gasteiger partial charge is 0.446 e. The maximum Gasteiger partial charge on any atom is 0.446 e. The van der Waals surface area contributed by atoms with E-state index >= 15 is 0 Å². The summed E-state index contributed by atoms with van der Waals surface area (Å²) >= 11 is -0.170. The van der Waals surface area contributed by atoms with Crippen LogP contribution in [0.1, 0.15) is 18.9 Å². The van der Waals surface area contributed by atoms with Crippen molar-refractivity contribution in [1.29, 1.82) is 0 Å². The fourth-order valence-electron chi connectivity index (χ4n) is 2.29. The minimum atomic E-state index is -4.33. The number of carbonyl (C=O) groups is 1. The summed E-state index contributed by atoms with van der Waals surface area (Å²) in [6.45, 7) is 1.82. The molecule has 1 N–H and O–H groups in total. The van der Waals surface area contributed by atoms with Gasteiger partial charge in [0.2, 0.25) is 0 Å². The molecular formula is C14H14F3NOS. The van der Waals surface area contributed by atoms with E-state index < -0.39 is 5.51 Å². The molecule has 1 unspecified atom stereocenters. The Kier molecular flexibility index (Phi) is 4.13. The van der Waals surface area contributed by atoms with Gasteiger partial charge < -0.3 is 5.32 Å².